The van der Waals surface area contributed by atoms with Gasteiger partial charge in [0.15, 0.2) is 11.4 Å². The van der Waals surface area contributed by atoms with Crippen LogP contribution in [-0.2, 0) is 0 Å². The van der Waals surface area contributed by atoms with Crippen LogP contribution < -0.4 is 15.0 Å². The van der Waals surface area contributed by atoms with E-state index < -0.39 is 0 Å². The van der Waals surface area contributed by atoms with Crippen LogP contribution in [0.5, 0.6) is 5.75 Å². The van der Waals surface area contributed by atoms with Crippen molar-refractivity contribution in [3.05, 3.63) is 24.5 Å². The molecular weight excluding hydrogens is 280 g/mol. The van der Waals surface area contributed by atoms with Gasteiger partial charge in [0.05, 0.1) is 7.11 Å². The van der Waals surface area contributed by atoms with Gasteiger partial charge in [-0.15, -0.1) is 0 Å². The molecule has 1 aliphatic rings. The van der Waals surface area contributed by atoms with Crippen molar-refractivity contribution in [3.63, 3.8) is 0 Å². The Morgan fingerprint density at radius 3 is 3.05 bits per heavy atom. The average Bonchev–Trinajstić information content (AvgIpc) is 3.18. The predicted molar refractivity (Wildman–Crippen MR) is 85.5 cm³/mol. The van der Waals surface area contributed by atoms with Crippen molar-refractivity contribution < 1.29 is 9.15 Å². The number of rotatable bonds is 3. The Morgan fingerprint density at radius 1 is 1.36 bits per heavy atom. The molecule has 0 aliphatic carbocycles. The van der Waals surface area contributed by atoms with Gasteiger partial charge in [0.2, 0.25) is 0 Å². The van der Waals surface area contributed by atoms with E-state index in [1.807, 2.05) is 25.2 Å². The van der Waals surface area contributed by atoms with E-state index in [4.69, 9.17) is 9.15 Å². The Labute approximate surface area is 128 Å². The van der Waals surface area contributed by atoms with E-state index in [1.54, 1.807) is 13.4 Å². The van der Waals surface area contributed by atoms with Crippen LogP contribution in [0.3, 0.4) is 0 Å². The molecule has 1 fully saturated rings. The molecule has 0 amide bonds. The molecule has 0 radical (unpaired) electrons. The molecule has 1 aliphatic heterocycles. The first-order valence-electron chi connectivity index (χ1n) is 7.43. The summed E-state index contributed by atoms with van der Waals surface area (Å²) in [4.78, 5) is 11.1. The number of likely N-dealkylation sites (N-methyl/N-ethyl adjacent to an activating group) is 1. The Hall–Kier alpha value is -2.34. The minimum Gasteiger partial charge on any atom is -0.497 e. The lowest BCUT2D eigenvalue weighted by atomic mass is 10.2. The molecule has 0 unspecified atom stereocenters. The van der Waals surface area contributed by atoms with Gasteiger partial charge in [-0.3, -0.25) is 0 Å². The van der Waals surface area contributed by atoms with E-state index >= 15 is 0 Å². The number of aromatic nitrogens is 2. The number of fused-ring (bicyclic) bond motifs is 3. The highest BCUT2D eigenvalue weighted by atomic mass is 16.5. The van der Waals surface area contributed by atoms with Crippen molar-refractivity contribution in [1.82, 2.24) is 15.3 Å². The predicted octanol–water partition coefficient (Wildman–Crippen LogP) is 2.18. The maximum absolute atomic E-state index is 6.04. The molecule has 1 aromatic carbocycles. The van der Waals surface area contributed by atoms with Gasteiger partial charge in [0, 0.05) is 30.6 Å². The number of hydrogen-bond acceptors (Lipinski definition) is 6. The molecule has 6 heteroatoms. The summed E-state index contributed by atoms with van der Waals surface area (Å²) in [5.74, 6) is 1.65. The van der Waals surface area contributed by atoms with Gasteiger partial charge < -0.3 is 19.4 Å². The number of ether oxygens (including phenoxy) is 1. The molecule has 2 aromatic heterocycles. The van der Waals surface area contributed by atoms with Crippen molar-refractivity contribution >= 4 is 27.9 Å². The van der Waals surface area contributed by atoms with Gasteiger partial charge in [0.25, 0.3) is 0 Å². The third-order valence-electron chi connectivity index (χ3n) is 4.34. The van der Waals surface area contributed by atoms with Crippen LogP contribution in [0.1, 0.15) is 6.42 Å². The summed E-state index contributed by atoms with van der Waals surface area (Å²) in [7, 11) is 3.65. The van der Waals surface area contributed by atoms with Gasteiger partial charge in [-0.2, -0.15) is 0 Å². The monoisotopic (exact) mass is 298 g/mol. The average molecular weight is 298 g/mol. The van der Waals surface area contributed by atoms with Gasteiger partial charge in [-0.25, -0.2) is 9.97 Å². The van der Waals surface area contributed by atoms with Crippen LogP contribution >= 0.6 is 0 Å². The largest absolute Gasteiger partial charge is 0.497 e. The number of methoxy groups -OCH3 is 1. The Kier molecular flexibility index (Phi) is 3.11. The fourth-order valence-electron chi connectivity index (χ4n) is 3.08. The number of furan rings is 1. The fourth-order valence-corrected chi connectivity index (χ4v) is 3.08. The lowest BCUT2D eigenvalue weighted by Gasteiger charge is -2.16. The molecule has 0 saturated carbocycles. The third-order valence-corrected chi connectivity index (χ3v) is 4.34. The molecule has 4 rings (SSSR count). The molecule has 22 heavy (non-hydrogen) atoms. The molecular formula is C16H18N4O2. The van der Waals surface area contributed by atoms with Crippen molar-refractivity contribution in [2.45, 2.75) is 12.5 Å². The second-order valence-corrected chi connectivity index (χ2v) is 5.56. The highest BCUT2D eigenvalue weighted by Gasteiger charge is 2.25. The van der Waals surface area contributed by atoms with E-state index in [0.717, 1.165) is 53.1 Å². The highest BCUT2D eigenvalue weighted by molar-refractivity contribution is 6.06. The van der Waals surface area contributed by atoms with Crippen molar-refractivity contribution in [2.75, 3.05) is 32.1 Å². The van der Waals surface area contributed by atoms with Crippen LogP contribution in [0.15, 0.2) is 28.9 Å². The van der Waals surface area contributed by atoms with Crippen molar-refractivity contribution in [1.29, 1.82) is 0 Å². The third kappa shape index (κ3) is 1.99. The van der Waals surface area contributed by atoms with Gasteiger partial charge in [-0.1, -0.05) is 0 Å². The van der Waals surface area contributed by atoms with Crippen molar-refractivity contribution in [2.24, 2.45) is 0 Å². The summed E-state index contributed by atoms with van der Waals surface area (Å²) in [6.45, 7) is 1.90. The first-order chi connectivity index (χ1) is 10.8. The van der Waals surface area contributed by atoms with Crippen molar-refractivity contribution in [3.8, 4) is 5.75 Å². The van der Waals surface area contributed by atoms with Crippen LogP contribution in [0.2, 0.25) is 0 Å². The SMILES string of the molecule is CN[C@@H]1CCN(c2ncnc3c2oc2cc(OC)ccc23)C1. The zero-order valence-electron chi connectivity index (χ0n) is 12.7. The van der Waals surface area contributed by atoms with E-state index in [9.17, 15) is 0 Å². The van der Waals surface area contributed by atoms with Crippen LogP contribution in [0, 0.1) is 0 Å². The zero-order chi connectivity index (χ0) is 15.1. The summed E-state index contributed by atoms with van der Waals surface area (Å²) in [6, 6.07) is 6.29. The molecule has 0 spiro atoms. The second-order valence-electron chi connectivity index (χ2n) is 5.56. The summed E-state index contributed by atoms with van der Waals surface area (Å²) < 4.78 is 11.3. The van der Waals surface area contributed by atoms with E-state index in [-0.39, 0.29) is 0 Å². The highest BCUT2D eigenvalue weighted by Crippen LogP contribution is 2.34. The van der Waals surface area contributed by atoms with Gasteiger partial charge >= 0.3 is 0 Å². The summed E-state index contributed by atoms with van der Waals surface area (Å²) in [5.41, 5.74) is 2.39. The van der Waals surface area contributed by atoms with Gasteiger partial charge in [-0.05, 0) is 25.6 Å². The number of nitrogens with one attached hydrogen (secondary N) is 1. The molecule has 6 nitrogen and oxygen atoms in total. The fraction of sp³-hybridized carbons (Fsp3) is 0.375. The quantitative estimate of drug-likeness (QED) is 0.799. The summed E-state index contributed by atoms with van der Waals surface area (Å²) in [6.07, 6.45) is 2.72. The van der Waals surface area contributed by atoms with Crippen LogP contribution in [0.25, 0.3) is 22.1 Å². The number of nitrogens with zero attached hydrogens (tertiary/aromatic N) is 3. The number of hydrogen-bond donors (Lipinski definition) is 1. The molecule has 1 atom stereocenters. The van der Waals surface area contributed by atoms with Crippen LogP contribution in [-0.4, -0.2) is 43.3 Å². The minimum atomic E-state index is 0.495. The lowest BCUT2D eigenvalue weighted by Crippen LogP contribution is -2.29. The standard InChI is InChI=1S/C16H18N4O2/c1-17-10-5-6-20(8-10)16-15-14(18-9-19-16)12-4-3-11(21-2)7-13(12)22-15/h3-4,7,9-10,17H,5-6,8H2,1-2H3/t10-/m1/s1. The number of benzene rings is 1. The topological polar surface area (TPSA) is 63.4 Å². The van der Waals surface area contributed by atoms with Gasteiger partial charge in [0.1, 0.15) is 23.2 Å². The Balaban J connectivity index is 1.86. The Morgan fingerprint density at radius 2 is 2.27 bits per heavy atom. The Bertz CT molecular complexity index is 829. The zero-order valence-corrected chi connectivity index (χ0v) is 12.7. The van der Waals surface area contributed by atoms with E-state index in [2.05, 4.69) is 20.2 Å². The molecule has 1 saturated heterocycles. The van der Waals surface area contributed by atoms with E-state index in [0.29, 0.717) is 6.04 Å². The normalized spacial score (nSPS) is 18.5. The molecule has 0 bridgehead atoms. The lowest BCUT2D eigenvalue weighted by molar-refractivity contribution is 0.414. The molecule has 3 aromatic rings. The smallest absolute Gasteiger partial charge is 0.196 e. The minimum absolute atomic E-state index is 0.495. The molecule has 3 heterocycles. The second kappa shape index (κ2) is 5.14. The number of anilines is 1. The first kappa shape index (κ1) is 13.3. The van der Waals surface area contributed by atoms with Crippen LogP contribution in [0.4, 0.5) is 5.82 Å². The van der Waals surface area contributed by atoms with E-state index in [1.165, 1.54) is 0 Å². The summed E-state index contributed by atoms with van der Waals surface area (Å²) >= 11 is 0. The summed E-state index contributed by atoms with van der Waals surface area (Å²) in [5, 5.41) is 4.31. The first-order valence-corrected chi connectivity index (χ1v) is 7.43. The molecule has 114 valence electrons. The maximum atomic E-state index is 6.04. The molecule has 1 N–H and O–H groups in total. The maximum Gasteiger partial charge on any atom is 0.196 e.